The number of piperazine rings is 1. The van der Waals surface area contributed by atoms with Crippen molar-refractivity contribution in [1.82, 2.24) is 14.8 Å². The summed E-state index contributed by atoms with van der Waals surface area (Å²) in [4.78, 5) is 31.5. The molecule has 7 nitrogen and oxygen atoms in total. The third-order valence-corrected chi connectivity index (χ3v) is 4.76. The number of hydrogen-bond donors (Lipinski definition) is 0. The Morgan fingerprint density at radius 1 is 1.35 bits per heavy atom. The lowest BCUT2D eigenvalue weighted by molar-refractivity contribution is 0.000892. The monoisotopic (exact) mass is 405 g/mol. The van der Waals surface area contributed by atoms with E-state index in [4.69, 9.17) is 32.7 Å². The number of carbonyl (C=O) groups is 2. The Kier molecular flexibility index (Phi) is 4.92. The van der Waals surface area contributed by atoms with Gasteiger partial charge in [0, 0.05) is 19.6 Å². The Morgan fingerprint density at radius 3 is 2.69 bits per heavy atom. The predicted molar refractivity (Wildman–Crippen MR) is 92.3 cm³/mol. The number of pyridine rings is 1. The minimum Gasteiger partial charge on any atom is -0.489 e. The highest BCUT2D eigenvalue weighted by molar-refractivity contribution is 6.42. The van der Waals surface area contributed by atoms with Crippen LogP contribution in [0.2, 0.25) is 10.2 Å². The average Bonchev–Trinajstić information content (AvgIpc) is 2.68. The molecule has 0 aromatic carbocycles. The highest BCUT2D eigenvalue weighted by Crippen LogP contribution is 2.38. The van der Waals surface area contributed by atoms with Gasteiger partial charge in [-0.2, -0.15) is 4.39 Å². The first kappa shape index (κ1) is 19.0. The topological polar surface area (TPSA) is 72.0 Å². The fourth-order valence-corrected chi connectivity index (χ4v) is 3.24. The predicted octanol–water partition coefficient (Wildman–Crippen LogP) is 2.98. The third-order valence-electron chi connectivity index (χ3n) is 4.04. The van der Waals surface area contributed by atoms with Gasteiger partial charge in [-0.15, -0.1) is 0 Å². The lowest BCUT2D eigenvalue weighted by Gasteiger charge is -2.40. The normalized spacial score (nSPS) is 20.1. The fourth-order valence-electron chi connectivity index (χ4n) is 2.89. The Bertz CT molecular complexity index is 769. The minimum absolute atomic E-state index is 0.0392. The number of halogens is 3. The van der Waals surface area contributed by atoms with Gasteiger partial charge in [0.15, 0.2) is 10.9 Å². The van der Waals surface area contributed by atoms with Crippen LogP contribution in [0.15, 0.2) is 0 Å². The molecule has 0 aliphatic carbocycles. The van der Waals surface area contributed by atoms with Crippen molar-refractivity contribution in [3.05, 3.63) is 21.7 Å². The van der Waals surface area contributed by atoms with Crippen LogP contribution in [0.25, 0.3) is 0 Å². The Morgan fingerprint density at radius 2 is 2.04 bits per heavy atom. The maximum atomic E-state index is 14.2. The van der Waals surface area contributed by atoms with E-state index in [0.29, 0.717) is 0 Å². The average molecular weight is 406 g/mol. The van der Waals surface area contributed by atoms with Crippen LogP contribution < -0.4 is 4.74 Å². The van der Waals surface area contributed by atoms with Crippen LogP contribution >= 0.6 is 23.2 Å². The highest BCUT2D eigenvalue weighted by atomic mass is 35.5. The van der Waals surface area contributed by atoms with Crippen LogP contribution in [0.1, 0.15) is 31.1 Å². The van der Waals surface area contributed by atoms with Gasteiger partial charge in [-0.05, 0) is 20.8 Å². The number of nitrogens with zero attached hydrogens (tertiary/aromatic N) is 3. The molecule has 0 radical (unpaired) electrons. The largest absolute Gasteiger partial charge is 0.489 e. The molecule has 10 heteroatoms. The molecule has 0 N–H and O–H groups in total. The molecular weight excluding hydrogens is 388 g/mol. The van der Waals surface area contributed by atoms with Crippen molar-refractivity contribution in [1.29, 1.82) is 0 Å². The molecule has 142 valence electrons. The molecule has 0 bridgehead atoms. The molecule has 2 aliphatic rings. The first-order chi connectivity index (χ1) is 12.1. The number of fused-ring (bicyclic) bond motifs is 2. The summed E-state index contributed by atoms with van der Waals surface area (Å²) < 4.78 is 25.2. The number of amides is 2. The van der Waals surface area contributed by atoms with Gasteiger partial charge in [0.25, 0.3) is 5.91 Å². The van der Waals surface area contributed by atoms with Gasteiger partial charge < -0.3 is 19.3 Å². The van der Waals surface area contributed by atoms with E-state index >= 15 is 0 Å². The summed E-state index contributed by atoms with van der Waals surface area (Å²) in [6, 6.07) is -0.467. The summed E-state index contributed by atoms with van der Waals surface area (Å²) >= 11 is 11.8. The summed E-state index contributed by atoms with van der Waals surface area (Å²) in [6.45, 7) is 6.05. The molecule has 3 heterocycles. The zero-order valence-corrected chi connectivity index (χ0v) is 16.0. The molecule has 1 saturated heterocycles. The summed E-state index contributed by atoms with van der Waals surface area (Å²) in [5.41, 5.74) is -0.966. The summed E-state index contributed by atoms with van der Waals surface area (Å²) in [5, 5.41) is -0.383. The molecule has 2 amide bonds. The fraction of sp³-hybridized carbons (Fsp3) is 0.562. The molecule has 0 unspecified atom stereocenters. The smallest absolute Gasteiger partial charge is 0.410 e. The van der Waals surface area contributed by atoms with Gasteiger partial charge in [0.05, 0.1) is 6.04 Å². The molecule has 1 aromatic heterocycles. The number of ether oxygens (including phenoxy) is 2. The van der Waals surface area contributed by atoms with E-state index < -0.39 is 29.6 Å². The van der Waals surface area contributed by atoms with Crippen molar-refractivity contribution in [3.63, 3.8) is 0 Å². The second-order valence-electron chi connectivity index (χ2n) is 7.10. The molecule has 1 fully saturated rings. The van der Waals surface area contributed by atoms with Crippen LogP contribution in [0, 0.1) is 5.95 Å². The van der Waals surface area contributed by atoms with Crippen LogP contribution in [0.4, 0.5) is 9.18 Å². The van der Waals surface area contributed by atoms with E-state index in [9.17, 15) is 14.0 Å². The molecular formula is C16H18Cl2FN3O4. The Hall–Kier alpha value is -1.80. The SMILES string of the molecule is CC(C)(C)OC(=O)N1CCN2C(=O)c3c(F)nc(Cl)c(Cl)c3OC[C@H]2C1. The van der Waals surface area contributed by atoms with Gasteiger partial charge in [0.2, 0.25) is 5.95 Å². The number of carbonyl (C=O) groups excluding carboxylic acids is 2. The highest BCUT2D eigenvalue weighted by Gasteiger charge is 2.40. The minimum atomic E-state index is -1.03. The van der Waals surface area contributed by atoms with E-state index in [0.717, 1.165) is 0 Å². The number of hydrogen-bond acceptors (Lipinski definition) is 5. The first-order valence-corrected chi connectivity index (χ1v) is 8.80. The van der Waals surface area contributed by atoms with E-state index in [1.165, 1.54) is 9.80 Å². The molecule has 0 saturated carbocycles. The standard InChI is InChI=1S/C16H18Cl2FN3O4/c1-16(2,3)26-15(24)21-4-5-22-8(6-21)7-25-11-9(14(22)23)13(19)20-12(18)10(11)17/h8H,4-7H2,1-3H3/t8-/m1/s1. The van der Waals surface area contributed by atoms with E-state index in [-0.39, 0.29) is 47.7 Å². The van der Waals surface area contributed by atoms with Gasteiger partial charge >= 0.3 is 6.09 Å². The van der Waals surface area contributed by atoms with Crippen molar-refractivity contribution in [2.24, 2.45) is 0 Å². The Labute approximate surface area is 159 Å². The van der Waals surface area contributed by atoms with Gasteiger partial charge in [0.1, 0.15) is 22.8 Å². The third kappa shape index (κ3) is 3.53. The second kappa shape index (κ2) is 6.74. The van der Waals surface area contributed by atoms with Gasteiger partial charge in [-0.3, -0.25) is 4.79 Å². The first-order valence-electron chi connectivity index (χ1n) is 8.04. The molecule has 26 heavy (non-hydrogen) atoms. The van der Waals surface area contributed by atoms with Crippen molar-refractivity contribution >= 4 is 35.2 Å². The van der Waals surface area contributed by atoms with Crippen molar-refractivity contribution in [2.45, 2.75) is 32.4 Å². The quantitative estimate of drug-likeness (QED) is 0.620. The van der Waals surface area contributed by atoms with Gasteiger partial charge in [-0.25, -0.2) is 9.78 Å². The van der Waals surface area contributed by atoms with Crippen molar-refractivity contribution in [2.75, 3.05) is 26.2 Å². The molecule has 3 rings (SSSR count). The van der Waals surface area contributed by atoms with E-state index in [2.05, 4.69) is 4.98 Å². The molecule has 1 atom stereocenters. The maximum Gasteiger partial charge on any atom is 0.410 e. The second-order valence-corrected chi connectivity index (χ2v) is 7.84. The zero-order valence-electron chi connectivity index (χ0n) is 14.5. The van der Waals surface area contributed by atoms with E-state index in [1.54, 1.807) is 20.8 Å². The van der Waals surface area contributed by atoms with E-state index in [1.807, 2.05) is 0 Å². The van der Waals surface area contributed by atoms with Crippen molar-refractivity contribution < 1.29 is 23.5 Å². The number of rotatable bonds is 0. The van der Waals surface area contributed by atoms with Gasteiger partial charge in [-0.1, -0.05) is 23.2 Å². The molecule has 0 spiro atoms. The zero-order chi connectivity index (χ0) is 19.2. The van der Waals surface area contributed by atoms with Crippen molar-refractivity contribution in [3.8, 4) is 5.75 Å². The van der Waals surface area contributed by atoms with Crippen LogP contribution in [-0.2, 0) is 4.74 Å². The van der Waals surface area contributed by atoms with Crippen LogP contribution in [-0.4, -0.2) is 64.7 Å². The van der Waals surface area contributed by atoms with Crippen LogP contribution in [0.5, 0.6) is 5.75 Å². The Balaban J connectivity index is 1.84. The lowest BCUT2D eigenvalue weighted by Crippen LogP contribution is -2.58. The summed E-state index contributed by atoms with van der Waals surface area (Å²) in [7, 11) is 0. The molecule has 2 aliphatic heterocycles. The molecule has 1 aromatic rings. The summed E-state index contributed by atoms with van der Waals surface area (Å²) in [5.74, 6) is -1.74. The summed E-state index contributed by atoms with van der Waals surface area (Å²) in [6.07, 6.45) is -0.472. The maximum absolute atomic E-state index is 14.2. The lowest BCUT2D eigenvalue weighted by atomic mass is 10.1. The number of aromatic nitrogens is 1. The van der Waals surface area contributed by atoms with Crippen LogP contribution in [0.3, 0.4) is 0 Å².